The standard InChI is InChI=1S/C27H38N2O4/c1-19(2)10-14-32-25-16-22(23(30)17-29-13-12-28(5)18-29)27(33-15-11-20(3)4)26-21(25)8-7-9-24(26)31-6/h7-9,12-13,16,19-20H,10-11,14-15,17-18H2,1-6H3. The Bertz CT molecular complexity index is 984. The Morgan fingerprint density at radius 2 is 1.70 bits per heavy atom. The van der Waals surface area contributed by atoms with Crippen molar-refractivity contribution in [2.45, 2.75) is 40.5 Å². The molecule has 0 aliphatic carbocycles. The molecule has 0 N–H and O–H groups in total. The van der Waals surface area contributed by atoms with E-state index >= 15 is 0 Å². The normalized spacial score (nSPS) is 13.5. The molecule has 180 valence electrons. The lowest BCUT2D eigenvalue weighted by Gasteiger charge is -2.21. The number of hydrogen-bond acceptors (Lipinski definition) is 6. The molecule has 6 heteroatoms. The topological polar surface area (TPSA) is 51.2 Å². The van der Waals surface area contributed by atoms with Crippen LogP contribution in [0.1, 0.15) is 50.9 Å². The van der Waals surface area contributed by atoms with E-state index in [4.69, 9.17) is 14.2 Å². The molecule has 0 unspecified atom stereocenters. The van der Waals surface area contributed by atoms with Crippen molar-refractivity contribution >= 4 is 16.6 Å². The van der Waals surface area contributed by atoms with Crippen LogP contribution in [0.2, 0.25) is 0 Å². The molecule has 2 aromatic carbocycles. The predicted octanol–water partition coefficient (Wildman–Crippen LogP) is 5.56. The highest BCUT2D eigenvalue weighted by Gasteiger charge is 2.24. The molecule has 33 heavy (non-hydrogen) atoms. The quantitative estimate of drug-likeness (QED) is 0.392. The second kappa shape index (κ2) is 11.3. The molecule has 2 aromatic rings. The van der Waals surface area contributed by atoms with Crippen LogP contribution in [0.5, 0.6) is 17.2 Å². The minimum atomic E-state index is -0.00369. The van der Waals surface area contributed by atoms with Gasteiger partial charge in [0, 0.05) is 24.8 Å². The van der Waals surface area contributed by atoms with Gasteiger partial charge in [0.05, 0.1) is 44.5 Å². The van der Waals surface area contributed by atoms with Crippen molar-refractivity contribution in [3.05, 3.63) is 42.2 Å². The monoisotopic (exact) mass is 454 g/mol. The van der Waals surface area contributed by atoms with E-state index in [9.17, 15) is 4.79 Å². The number of carbonyl (C=O) groups excluding carboxylic acids is 1. The Balaban J connectivity index is 2.06. The van der Waals surface area contributed by atoms with Crippen molar-refractivity contribution < 1.29 is 19.0 Å². The largest absolute Gasteiger partial charge is 0.496 e. The number of Topliss-reactive ketones (excluding diaryl/α,β-unsaturated/α-hetero) is 1. The lowest BCUT2D eigenvalue weighted by molar-refractivity contribution is 0.0944. The Kier molecular flexibility index (Phi) is 8.48. The van der Waals surface area contributed by atoms with Crippen LogP contribution < -0.4 is 14.2 Å². The van der Waals surface area contributed by atoms with Crippen LogP contribution in [0.3, 0.4) is 0 Å². The Hall–Kier alpha value is -2.89. The van der Waals surface area contributed by atoms with Crippen molar-refractivity contribution in [3.63, 3.8) is 0 Å². The molecule has 0 spiro atoms. The van der Waals surface area contributed by atoms with Crippen LogP contribution in [0, 0.1) is 11.8 Å². The zero-order valence-electron chi connectivity index (χ0n) is 20.9. The fourth-order valence-corrected chi connectivity index (χ4v) is 3.79. The first-order valence-electron chi connectivity index (χ1n) is 11.8. The number of fused-ring (bicyclic) bond motifs is 1. The molecule has 1 heterocycles. The molecule has 0 bridgehead atoms. The second-order valence-corrected chi connectivity index (χ2v) is 9.56. The summed E-state index contributed by atoms with van der Waals surface area (Å²) in [6.45, 7) is 10.7. The van der Waals surface area contributed by atoms with Gasteiger partial charge in [0.2, 0.25) is 0 Å². The average Bonchev–Trinajstić information content (AvgIpc) is 3.17. The third-order valence-electron chi connectivity index (χ3n) is 5.74. The third-order valence-corrected chi connectivity index (χ3v) is 5.74. The van der Waals surface area contributed by atoms with Crippen LogP contribution in [-0.2, 0) is 0 Å². The molecular weight excluding hydrogens is 416 g/mol. The first-order chi connectivity index (χ1) is 15.8. The van der Waals surface area contributed by atoms with Crippen molar-refractivity contribution in [2.75, 3.05) is 40.6 Å². The predicted molar refractivity (Wildman–Crippen MR) is 133 cm³/mol. The van der Waals surface area contributed by atoms with Gasteiger partial charge in [-0.05, 0) is 36.8 Å². The highest BCUT2D eigenvalue weighted by Crippen LogP contribution is 2.42. The molecule has 6 nitrogen and oxygen atoms in total. The summed E-state index contributed by atoms with van der Waals surface area (Å²) in [4.78, 5) is 17.6. The van der Waals surface area contributed by atoms with Gasteiger partial charge in [0.25, 0.3) is 0 Å². The molecule has 0 saturated heterocycles. The average molecular weight is 455 g/mol. The van der Waals surface area contributed by atoms with Crippen LogP contribution >= 0.6 is 0 Å². The third kappa shape index (κ3) is 6.34. The summed E-state index contributed by atoms with van der Waals surface area (Å²) in [5.41, 5.74) is 0.540. The van der Waals surface area contributed by atoms with Crippen molar-refractivity contribution in [3.8, 4) is 17.2 Å². The fourth-order valence-electron chi connectivity index (χ4n) is 3.79. The Morgan fingerprint density at radius 1 is 1.00 bits per heavy atom. The van der Waals surface area contributed by atoms with Gasteiger partial charge < -0.3 is 24.0 Å². The summed E-state index contributed by atoms with van der Waals surface area (Å²) < 4.78 is 18.2. The summed E-state index contributed by atoms with van der Waals surface area (Å²) in [7, 11) is 3.63. The van der Waals surface area contributed by atoms with E-state index in [0.717, 1.165) is 23.6 Å². The molecule has 1 aliphatic rings. The highest BCUT2D eigenvalue weighted by molar-refractivity contribution is 6.09. The molecule has 0 atom stereocenters. The zero-order valence-corrected chi connectivity index (χ0v) is 20.9. The van der Waals surface area contributed by atoms with Gasteiger partial charge in [0.15, 0.2) is 5.78 Å². The number of ether oxygens (including phenoxy) is 3. The molecular formula is C27H38N2O4. The van der Waals surface area contributed by atoms with Gasteiger partial charge in [-0.25, -0.2) is 0 Å². The second-order valence-electron chi connectivity index (χ2n) is 9.56. The van der Waals surface area contributed by atoms with E-state index in [-0.39, 0.29) is 12.3 Å². The summed E-state index contributed by atoms with van der Waals surface area (Å²) in [6, 6.07) is 7.71. The van der Waals surface area contributed by atoms with Crippen LogP contribution in [0.25, 0.3) is 10.8 Å². The molecule has 0 amide bonds. The molecule has 3 rings (SSSR count). The van der Waals surface area contributed by atoms with E-state index in [0.29, 0.717) is 54.5 Å². The number of nitrogens with zero attached hydrogens (tertiary/aromatic N) is 2. The molecule has 0 aromatic heterocycles. The summed E-state index contributed by atoms with van der Waals surface area (Å²) in [6.07, 6.45) is 5.75. The van der Waals surface area contributed by atoms with E-state index in [1.54, 1.807) is 7.11 Å². The van der Waals surface area contributed by atoms with Gasteiger partial charge in [-0.2, -0.15) is 0 Å². The number of methoxy groups -OCH3 is 1. The number of carbonyl (C=O) groups is 1. The maximum atomic E-state index is 13.5. The van der Waals surface area contributed by atoms with E-state index < -0.39 is 0 Å². The lowest BCUT2D eigenvalue weighted by Crippen LogP contribution is -2.28. The summed E-state index contributed by atoms with van der Waals surface area (Å²) in [5, 5.41) is 1.69. The van der Waals surface area contributed by atoms with Crippen molar-refractivity contribution in [1.82, 2.24) is 9.80 Å². The number of ketones is 1. The van der Waals surface area contributed by atoms with Gasteiger partial charge in [-0.1, -0.05) is 39.8 Å². The minimum absolute atomic E-state index is 0.00369. The highest BCUT2D eigenvalue weighted by atomic mass is 16.5. The van der Waals surface area contributed by atoms with Crippen LogP contribution in [0.4, 0.5) is 0 Å². The Labute approximate surface area is 198 Å². The fraction of sp³-hybridized carbons (Fsp3) is 0.519. The first kappa shape index (κ1) is 24.7. The Morgan fingerprint density at radius 3 is 2.30 bits per heavy atom. The maximum absolute atomic E-state index is 13.5. The van der Waals surface area contributed by atoms with Crippen molar-refractivity contribution in [1.29, 1.82) is 0 Å². The number of benzene rings is 2. The van der Waals surface area contributed by atoms with Gasteiger partial charge in [-0.15, -0.1) is 0 Å². The van der Waals surface area contributed by atoms with Crippen LogP contribution in [0.15, 0.2) is 36.7 Å². The number of rotatable bonds is 12. The maximum Gasteiger partial charge on any atom is 0.186 e. The molecule has 0 fully saturated rings. The first-order valence-corrected chi connectivity index (χ1v) is 11.8. The van der Waals surface area contributed by atoms with Crippen LogP contribution in [-0.4, -0.2) is 56.2 Å². The van der Waals surface area contributed by atoms with Crippen molar-refractivity contribution in [2.24, 2.45) is 11.8 Å². The lowest BCUT2D eigenvalue weighted by atomic mass is 10.00. The zero-order chi connectivity index (χ0) is 24.0. The molecule has 1 aliphatic heterocycles. The summed E-state index contributed by atoms with van der Waals surface area (Å²) in [5.74, 6) is 2.98. The summed E-state index contributed by atoms with van der Waals surface area (Å²) >= 11 is 0. The van der Waals surface area contributed by atoms with Gasteiger partial charge in [0.1, 0.15) is 17.2 Å². The number of hydrogen-bond donors (Lipinski definition) is 0. The van der Waals surface area contributed by atoms with E-state index in [1.807, 2.05) is 53.5 Å². The van der Waals surface area contributed by atoms with Gasteiger partial charge in [-0.3, -0.25) is 4.79 Å². The van der Waals surface area contributed by atoms with E-state index in [2.05, 4.69) is 27.7 Å². The SMILES string of the molecule is COc1cccc2c(OCCC(C)C)cc(C(=O)CN3C=CN(C)C3)c(OCCC(C)C)c12. The van der Waals surface area contributed by atoms with E-state index in [1.165, 1.54) is 0 Å². The minimum Gasteiger partial charge on any atom is -0.496 e. The smallest absolute Gasteiger partial charge is 0.186 e. The van der Waals surface area contributed by atoms with Gasteiger partial charge >= 0.3 is 0 Å². The molecule has 0 saturated carbocycles. The molecule has 0 radical (unpaired) electrons.